The van der Waals surface area contributed by atoms with E-state index in [9.17, 15) is 22.8 Å². The molecule has 0 radical (unpaired) electrons. The maximum absolute atomic E-state index is 14.2. The molecule has 3 aliphatic heterocycles. The molecule has 0 aromatic rings. The van der Waals surface area contributed by atoms with E-state index in [1.165, 1.54) is 44.4 Å². The lowest BCUT2D eigenvalue weighted by molar-refractivity contribution is -0.225. The van der Waals surface area contributed by atoms with Crippen molar-refractivity contribution in [2.45, 2.75) is 139 Å². The molecule has 0 bridgehead atoms. The summed E-state index contributed by atoms with van der Waals surface area (Å²) in [5.41, 5.74) is 3.29. The average molecular weight is 576 g/mol. The van der Waals surface area contributed by atoms with Gasteiger partial charge in [0.1, 0.15) is 11.5 Å². The highest BCUT2D eigenvalue weighted by molar-refractivity contribution is 8.00. The molecule has 0 aromatic carbocycles. The number of rotatable bonds is 5. The first-order valence-corrected chi connectivity index (χ1v) is 15.9. The van der Waals surface area contributed by atoms with Crippen molar-refractivity contribution < 1.29 is 22.8 Å². The van der Waals surface area contributed by atoms with Crippen LogP contribution in [0.1, 0.15) is 97.8 Å². The van der Waals surface area contributed by atoms with Crippen LogP contribution >= 0.6 is 11.8 Å². The molecule has 3 saturated heterocycles. The molecular formula is C28H48F3N5O2S. The number of piperidine rings is 1. The highest BCUT2D eigenvalue weighted by Gasteiger charge is 2.55. The minimum atomic E-state index is -4.30. The van der Waals surface area contributed by atoms with E-state index in [2.05, 4.69) is 22.9 Å². The Hall–Kier alpha value is -1.20. The highest BCUT2D eigenvalue weighted by Crippen LogP contribution is 2.48. The van der Waals surface area contributed by atoms with Crippen molar-refractivity contribution in [2.24, 2.45) is 23.0 Å². The van der Waals surface area contributed by atoms with E-state index in [1.807, 2.05) is 0 Å². The van der Waals surface area contributed by atoms with Crippen LogP contribution in [0.25, 0.3) is 0 Å². The summed E-state index contributed by atoms with van der Waals surface area (Å²) in [4.78, 5) is 26.2. The largest absolute Gasteiger partial charge is 0.395 e. The van der Waals surface area contributed by atoms with Crippen molar-refractivity contribution in [3.63, 3.8) is 0 Å². The maximum atomic E-state index is 14.2. The number of carbonyl (C=O) groups excluding carboxylic acids is 2. The summed E-state index contributed by atoms with van der Waals surface area (Å²) < 4.78 is 42.7. The van der Waals surface area contributed by atoms with Crippen molar-refractivity contribution in [1.29, 1.82) is 0 Å². The Morgan fingerprint density at radius 1 is 0.923 bits per heavy atom. The Balaban J connectivity index is 1.48. The minimum Gasteiger partial charge on any atom is -0.368 e. The number of nitrogens with one attached hydrogen (secondary N) is 3. The molecule has 7 nitrogen and oxygen atoms in total. The van der Waals surface area contributed by atoms with Crippen molar-refractivity contribution >= 4 is 23.7 Å². The van der Waals surface area contributed by atoms with Crippen LogP contribution in [0.4, 0.5) is 18.0 Å². The molecule has 0 aromatic heterocycles. The number of halogens is 3. The van der Waals surface area contributed by atoms with Crippen molar-refractivity contribution in [2.75, 3.05) is 6.54 Å². The zero-order valence-electron chi connectivity index (χ0n) is 23.7. The first-order valence-electron chi connectivity index (χ1n) is 15.0. The molecule has 0 spiro atoms. The quantitative estimate of drug-likeness (QED) is 0.366. The van der Waals surface area contributed by atoms with Gasteiger partial charge in [-0.3, -0.25) is 10.1 Å². The van der Waals surface area contributed by atoms with Crippen LogP contribution in [0.3, 0.4) is 0 Å². The van der Waals surface area contributed by atoms with Gasteiger partial charge in [0.2, 0.25) is 5.91 Å². The molecule has 6 unspecified atom stereocenters. The van der Waals surface area contributed by atoms with Gasteiger partial charge in [-0.2, -0.15) is 13.2 Å². The lowest BCUT2D eigenvalue weighted by atomic mass is 9.70. The standard InChI is InChI=1S/C28H48F3N5O2S/c1-17-23(39-25(33-17)35-26(38)36-14-10-13-21(36)24(32)37)19-15-20(18-11-8-6-4-5-7-9-12-18)34-22(16-19)27(2,3)28(29,30)31/h17-23,25,33-34H,4-16H2,1-3H3,(H2,32,37)(H,35,38)/t17?,19?,20?,21-,22?,23?,25?/m1/s1. The number of carbonyl (C=O) groups is 2. The number of alkyl halides is 3. The zero-order valence-corrected chi connectivity index (χ0v) is 24.5. The number of hydrogen-bond acceptors (Lipinski definition) is 5. The number of urea groups is 1. The Morgan fingerprint density at radius 3 is 2.18 bits per heavy atom. The second-order valence-electron chi connectivity index (χ2n) is 12.9. The van der Waals surface area contributed by atoms with Crippen molar-refractivity contribution in [3.05, 3.63) is 0 Å². The Labute approximate surface area is 235 Å². The van der Waals surface area contributed by atoms with Gasteiger partial charge in [0.05, 0.1) is 5.41 Å². The predicted octanol–water partition coefficient (Wildman–Crippen LogP) is 5.10. The lowest BCUT2D eigenvalue weighted by Gasteiger charge is -2.48. The molecule has 11 heteroatoms. The number of primary amides is 1. The normalized spacial score (nSPS) is 35.7. The molecule has 3 amide bonds. The van der Waals surface area contributed by atoms with E-state index in [-0.39, 0.29) is 34.8 Å². The second kappa shape index (κ2) is 12.8. The molecule has 7 atom stereocenters. The zero-order chi connectivity index (χ0) is 28.4. The van der Waals surface area contributed by atoms with Crippen LogP contribution in [0, 0.1) is 17.3 Å². The molecular weight excluding hydrogens is 527 g/mol. The molecule has 5 N–H and O–H groups in total. The molecule has 1 saturated carbocycles. The molecule has 39 heavy (non-hydrogen) atoms. The van der Waals surface area contributed by atoms with E-state index in [1.54, 1.807) is 11.8 Å². The fourth-order valence-electron chi connectivity index (χ4n) is 7.23. The molecule has 4 fully saturated rings. The van der Waals surface area contributed by atoms with Crippen molar-refractivity contribution in [3.8, 4) is 0 Å². The van der Waals surface area contributed by atoms with Gasteiger partial charge in [-0.05, 0) is 71.1 Å². The molecule has 224 valence electrons. The van der Waals surface area contributed by atoms with Gasteiger partial charge in [0.25, 0.3) is 0 Å². The monoisotopic (exact) mass is 575 g/mol. The Kier molecular flexibility index (Phi) is 10.1. The van der Waals surface area contributed by atoms with E-state index < -0.39 is 29.6 Å². The first kappa shape index (κ1) is 30.8. The van der Waals surface area contributed by atoms with Crippen molar-refractivity contribution in [1.82, 2.24) is 20.9 Å². The SMILES string of the molecule is CC1NC(NC(=O)N2CCC[C@@H]2C(N)=O)SC1C1CC(C2CCCCCCCC2)NC(C(C)(C)C(F)(F)F)C1. The topological polar surface area (TPSA) is 99.5 Å². The van der Waals surface area contributed by atoms with Gasteiger partial charge in [-0.25, -0.2) is 4.79 Å². The summed E-state index contributed by atoms with van der Waals surface area (Å²) in [5, 5.41) is 10.1. The Morgan fingerprint density at radius 2 is 1.56 bits per heavy atom. The van der Waals surface area contributed by atoms with Crippen LogP contribution in [0.2, 0.25) is 0 Å². The second-order valence-corrected chi connectivity index (χ2v) is 14.2. The van der Waals surface area contributed by atoms with E-state index >= 15 is 0 Å². The number of nitrogens with zero attached hydrogens (tertiary/aromatic N) is 1. The molecule has 3 heterocycles. The van der Waals surface area contributed by atoms with Crippen LogP contribution in [-0.4, -0.2) is 64.5 Å². The van der Waals surface area contributed by atoms with Crippen LogP contribution in [0.5, 0.6) is 0 Å². The fourth-order valence-corrected chi connectivity index (χ4v) is 8.76. The third kappa shape index (κ3) is 7.18. The first-order chi connectivity index (χ1) is 18.4. The lowest BCUT2D eigenvalue weighted by Crippen LogP contribution is -2.60. The van der Waals surface area contributed by atoms with Gasteiger partial charge >= 0.3 is 12.2 Å². The average Bonchev–Trinajstić information content (AvgIpc) is 3.52. The number of hydrogen-bond donors (Lipinski definition) is 4. The highest BCUT2D eigenvalue weighted by atomic mass is 32.2. The smallest absolute Gasteiger partial charge is 0.368 e. The third-order valence-corrected chi connectivity index (χ3v) is 11.5. The van der Waals surface area contributed by atoms with Crippen LogP contribution < -0.4 is 21.7 Å². The number of thioether (sulfide) groups is 1. The Bertz CT molecular complexity index is 850. The number of amides is 3. The van der Waals surface area contributed by atoms with E-state index in [0.29, 0.717) is 25.3 Å². The van der Waals surface area contributed by atoms with Crippen LogP contribution in [0.15, 0.2) is 0 Å². The van der Waals surface area contributed by atoms with Gasteiger partial charge in [-0.1, -0.05) is 38.5 Å². The number of nitrogens with two attached hydrogens (primary N) is 1. The fraction of sp³-hybridized carbons (Fsp3) is 0.929. The van der Waals surface area contributed by atoms with Gasteiger partial charge in [0, 0.05) is 29.9 Å². The summed E-state index contributed by atoms with van der Waals surface area (Å²) in [5.74, 6) is -0.0107. The minimum absolute atomic E-state index is 0.0322. The van der Waals surface area contributed by atoms with Gasteiger partial charge in [0.15, 0.2) is 0 Å². The molecule has 4 aliphatic rings. The molecule has 4 rings (SSSR count). The van der Waals surface area contributed by atoms with Gasteiger partial charge < -0.3 is 21.3 Å². The van der Waals surface area contributed by atoms with Crippen LogP contribution in [-0.2, 0) is 4.79 Å². The number of likely N-dealkylation sites (tertiary alicyclic amines) is 1. The van der Waals surface area contributed by atoms with E-state index in [4.69, 9.17) is 5.73 Å². The third-order valence-electron chi connectivity index (χ3n) is 9.84. The summed E-state index contributed by atoms with van der Waals surface area (Å²) in [7, 11) is 0. The van der Waals surface area contributed by atoms with Gasteiger partial charge in [-0.15, -0.1) is 11.8 Å². The molecule has 1 aliphatic carbocycles. The maximum Gasteiger partial charge on any atom is 0.395 e. The predicted molar refractivity (Wildman–Crippen MR) is 149 cm³/mol. The van der Waals surface area contributed by atoms with E-state index in [0.717, 1.165) is 38.5 Å². The summed E-state index contributed by atoms with van der Waals surface area (Å²) >= 11 is 1.61. The summed E-state index contributed by atoms with van der Waals surface area (Å²) in [6.45, 7) is 5.23. The summed E-state index contributed by atoms with van der Waals surface area (Å²) in [6.07, 6.45) is 7.68. The summed E-state index contributed by atoms with van der Waals surface area (Å²) in [6, 6.07) is -1.47.